The minimum absolute atomic E-state index is 0.854. The average molecular weight is 1440 g/mol. The smallest absolute Gasteiger partial charge is 0.173 e. The molecule has 0 fully saturated rings. The van der Waals surface area contributed by atoms with E-state index in [0.717, 1.165) is 26.2 Å². The van der Waals surface area contributed by atoms with E-state index in [4.69, 9.17) is 0 Å². The molecule has 25 rings (SSSR count). The molecule has 5 nitrogen and oxygen atoms in total. The molecule has 0 spiro atoms. The van der Waals surface area contributed by atoms with Gasteiger partial charge in [0, 0.05) is 93.0 Å². The number of hydrogen-bond donors (Lipinski definition) is 1. The van der Waals surface area contributed by atoms with Gasteiger partial charge in [0.25, 0.3) is 0 Å². The van der Waals surface area contributed by atoms with Crippen molar-refractivity contribution >= 4 is 102 Å². The summed E-state index contributed by atoms with van der Waals surface area (Å²) in [5, 5.41) is 0. The van der Waals surface area contributed by atoms with Crippen LogP contribution in [0.25, 0.3) is 22.3 Å². The van der Waals surface area contributed by atoms with Crippen LogP contribution in [0.5, 0.6) is 0 Å². The van der Waals surface area contributed by atoms with Gasteiger partial charge in [-0.3, -0.25) is 0 Å². The molecule has 0 unspecified atom stereocenters. The normalized spacial score (nSPS) is 17.4. The Labute approximate surface area is 492 Å². The molecule has 18 aliphatic rings. The summed E-state index contributed by atoms with van der Waals surface area (Å²) >= 11 is 11.3. The Balaban J connectivity index is 0.000000239. The first kappa shape index (κ1) is 71.7. The molecule has 0 atom stereocenters. The molecule has 85 heavy (non-hydrogen) atoms. The SMILES string of the molecule is CSC1=C(SC)SC(=C2Sc3c[nH]cc3S2)S1.F[P-](F)(F)(F)(F)F.F[P-](F)(F)(F)(F)F.F[P-](F)(F)(F)(F)F.F[P-](F)(F)(F)(F)F.c1cc2ccc1C[n+]1ccc(cc1)-c1cc[n+](cc1)Cc1ccc(cc1)C[n+]1ccc(cc1)-c1cc[n+](cc1)C2. The van der Waals surface area contributed by atoms with Crippen LogP contribution in [0.4, 0.5) is 101 Å². The van der Waals surface area contributed by atoms with Crippen LogP contribution in [0.15, 0.2) is 186 Å². The third kappa shape index (κ3) is 34.9. The van der Waals surface area contributed by atoms with Gasteiger partial charge in [0.2, 0.25) is 0 Å². The molecule has 2 aromatic carbocycles. The van der Waals surface area contributed by atoms with Gasteiger partial charge in [0.05, 0.1) is 16.9 Å². The summed E-state index contributed by atoms with van der Waals surface area (Å²) in [4.78, 5) is 5.88. The van der Waals surface area contributed by atoms with Crippen LogP contribution in [0.1, 0.15) is 22.3 Å². The fraction of sp³-hybridized carbons (Fsp3) is 0.130. The van der Waals surface area contributed by atoms with Gasteiger partial charge in [0.15, 0.2) is 75.8 Å². The average Bonchev–Trinajstić information content (AvgIpc) is 4.22. The second kappa shape index (κ2) is 23.1. The summed E-state index contributed by atoms with van der Waals surface area (Å²) in [6, 6.07) is 35.5. The Bertz CT molecular complexity index is 3080. The van der Waals surface area contributed by atoms with Crippen LogP contribution in [0, 0.1) is 0 Å². The van der Waals surface area contributed by atoms with E-state index in [1.807, 2.05) is 70.6 Å². The molecule has 0 saturated carbocycles. The molecule has 12 bridgehead atoms. The van der Waals surface area contributed by atoms with Gasteiger partial charge < -0.3 is 4.98 Å². The maximum absolute atomic E-state index is 10.7. The molecule has 18 aliphatic heterocycles. The van der Waals surface area contributed by atoms with E-state index in [9.17, 15) is 101 Å². The number of H-pyrrole nitrogens is 1. The number of fused-ring (bicyclic) bond motifs is 1. The van der Waals surface area contributed by atoms with Crippen LogP contribution in [0.2, 0.25) is 0 Å². The van der Waals surface area contributed by atoms with E-state index in [1.165, 1.54) is 71.2 Å². The van der Waals surface area contributed by atoms with Crippen molar-refractivity contribution in [2.45, 2.75) is 36.0 Å². The Morgan fingerprint density at radius 1 is 0.306 bits per heavy atom. The van der Waals surface area contributed by atoms with Gasteiger partial charge in [-0.1, -0.05) is 95.6 Å². The molecular formula is C46H41F24N5P4S6. The third-order valence-corrected chi connectivity index (χ3v) is 18.2. The van der Waals surface area contributed by atoms with Crippen molar-refractivity contribution in [3.8, 4) is 22.3 Å². The van der Waals surface area contributed by atoms with E-state index >= 15 is 0 Å². The van der Waals surface area contributed by atoms with E-state index in [2.05, 4.69) is 195 Å². The van der Waals surface area contributed by atoms with Gasteiger partial charge in [-0.15, -0.1) is 23.5 Å². The first-order valence-corrected chi connectivity index (χ1v) is 36.5. The first-order chi connectivity index (χ1) is 37.8. The van der Waals surface area contributed by atoms with Crippen molar-refractivity contribution in [1.29, 1.82) is 0 Å². The Kier molecular flexibility index (Phi) is 19.5. The summed E-state index contributed by atoms with van der Waals surface area (Å²) in [6.07, 6.45) is 25.9. The number of hydrogen-bond acceptors (Lipinski definition) is 6. The predicted octanol–water partition coefficient (Wildman–Crippen LogP) is 23.9. The van der Waals surface area contributed by atoms with Gasteiger partial charge in [-0.05, 0) is 34.8 Å². The molecule has 0 radical (unpaired) electrons. The summed E-state index contributed by atoms with van der Waals surface area (Å²) in [5.74, 6) is 0. The topological polar surface area (TPSA) is 31.3 Å². The number of nitrogens with zero attached hydrogens (tertiary/aromatic N) is 4. The van der Waals surface area contributed by atoms with Crippen LogP contribution >= 0.6 is 102 Å². The van der Waals surface area contributed by atoms with E-state index in [-0.39, 0.29) is 0 Å². The molecule has 5 aromatic heterocycles. The second-order valence-corrected chi connectivity index (χ2v) is 32.1. The van der Waals surface area contributed by atoms with Crippen molar-refractivity contribution in [3.63, 3.8) is 0 Å². The molecular weight excluding hydrogens is 1390 g/mol. The molecule has 474 valence electrons. The number of thioether (sulfide) groups is 6. The second-order valence-electron chi connectivity index (χ2n) is 17.7. The molecule has 0 amide bonds. The summed E-state index contributed by atoms with van der Waals surface area (Å²) in [7, 11) is -42.6. The van der Waals surface area contributed by atoms with E-state index < -0.39 is 31.2 Å². The van der Waals surface area contributed by atoms with Gasteiger partial charge in [-0.2, -0.15) is 0 Å². The van der Waals surface area contributed by atoms with Crippen molar-refractivity contribution in [1.82, 2.24) is 4.98 Å². The number of halogens is 24. The van der Waals surface area contributed by atoms with Crippen molar-refractivity contribution in [2.24, 2.45) is 0 Å². The number of aromatic amines is 1. The van der Waals surface area contributed by atoms with Crippen molar-refractivity contribution in [3.05, 3.63) is 198 Å². The van der Waals surface area contributed by atoms with Crippen LogP contribution in [0.3, 0.4) is 0 Å². The van der Waals surface area contributed by atoms with Crippen molar-refractivity contribution in [2.75, 3.05) is 12.5 Å². The minimum atomic E-state index is -10.7. The van der Waals surface area contributed by atoms with Crippen LogP contribution in [-0.2, 0) is 26.2 Å². The Morgan fingerprint density at radius 2 is 0.482 bits per heavy atom. The largest absolute Gasteiger partial charge is 0.201 e. The zero-order chi connectivity index (χ0) is 64.2. The van der Waals surface area contributed by atoms with Crippen molar-refractivity contribution < 1.29 is 119 Å². The van der Waals surface area contributed by atoms with Crippen LogP contribution < -0.4 is 18.3 Å². The quantitative estimate of drug-likeness (QED) is 0.105. The fourth-order valence-electron chi connectivity index (χ4n) is 6.77. The van der Waals surface area contributed by atoms with Gasteiger partial charge in [0.1, 0.15) is 0 Å². The van der Waals surface area contributed by atoms with E-state index in [0.29, 0.717) is 0 Å². The summed E-state index contributed by atoms with van der Waals surface area (Å²) < 4.78 is 252. The van der Waals surface area contributed by atoms with Crippen LogP contribution in [-0.4, -0.2) is 17.5 Å². The Morgan fingerprint density at radius 3 is 0.659 bits per heavy atom. The summed E-state index contributed by atoms with van der Waals surface area (Å²) in [5.41, 5.74) is 10.1. The maximum Gasteiger partial charge on any atom is 0.173 e. The molecule has 39 heteroatoms. The number of pyridine rings is 4. The number of benzene rings is 2. The zero-order valence-corrected chi connectivity index (χ0v) is 50.9. The van der Waals surface area contributed by atoms with Gasteiger partial charge in [-0.25, -0.2) is 18.3 Å². The fourth-order valence-corrected chi connectivity index (χ4v) is 14.5. The molecule has 7 aromatic rings. The predicted molar refractivity (Wildman–Crippen MR) is 297 cm³/mol. The molecule has 23 heterocycles. The molecule has 0 saturated heterocycles. The molecule has 0 aliphatic carbocycles. The molecule has 1 N–H and O–H groups in total. The standard InChI is InChI=1S/C36H32N4.C10H9NS6.4F6P/c1-2-30-4-3-29(1)25-37-17-9-33(10-18-37)35-13-21-39(22-14-35)27-31-5-7-32(8-6-31)28-40-23-15-36(16-24-40)34-11-19-38(26-30)20-12-34;1-12-7-8(13-2)17-10(16-7)9-14-5-3-11-4-6(5)15-9;4*1-7(2,3,4,5)6/h1-24H,25-28H2;3-4,11H,1-2H3;;;;/q+4;;4*-1. The number of rotatable bonds is 2. The van der Waals surface area contributed by atoms with Gasteiger partial charge >= 0.3 is 132 Å². The Hall–Kier alpha value is -4.06. The zero-order valence-electron chi connectivity index (χ0n) is 42.4. The monoisotopic (exact) mass is 1440 g/mol. The third-order valence-electron chi connectivity index (χ3n) is 9.89. The maximum atomic E-state index is 9.87. The van der Waals surface area contributed by atoms with E-state index in [1.54, 1.807) is 0 Å². The summed E-state index contributed by atoms with van der Waals surface area (Å²) in [6.45, 7) is 3.42. The number of aromatic nitrogens is 5. The first-order valence-electron chi connectivity index (χ1n) is 22.7. The number of nitrogens with one attached hydrogen (secondary N) is 1. The minimum Gasteiger partial charge on any atom is -0.201 e.